The summed E-state index contributed by atoms with van der Waals surface area (Å²) in [6.45, 7) is 5.38. The molecular formula is C14H14N4O2. The van der Waals surface area contributed by atoms with Crippen LogP contribution in [-0.4, -0.2) is 18.0 Å². The van der Waals surface area contributed by atoms with Crippen LogP contribution in [0.2, 0.25) is 0 Å². The van der Waals surface area contributed by atoms with E-state index in [0.717, 1.165) is 18.8 Å². The molecule has 1 aromatic rings. The molecule has 0 aliphatic carbocycles. The molecule has 0 fully saturated rings. The average Bonchev–Trinajstić information content (AvgIpc) is 2.46. The van der Waals surface area contributed by atoms with Crippen LogP contribution < -0.4 is 4.90 Å². The molecule has 0 bridgehead atoms. The number of nitriles is 2. The molecule has 20 heavy (non-hydrogen) atoms. The van der Waals surface area contributed by atoms with Crippen LogP contribution in [0.3, 0.4) is 0 Å². The van der Waals surface area contributed by atoms with E-state index < -0.39 is 4.92 Å². The molecule has 102 valence electrons. The van der Waals surface area contributed by atoms with Crippen LogP contribution in [0.1, 0.15) is 19.4 Å². The van der Waals surface area contributed by atoms with Gasteiger partial charge in [0, 0.05) is 36.5 Å². The monoisotopic (exact) mass is 270 g/mol. The van der Waals surface area contributed by atoms with E-state index in [9.17, 15) is 10.1 Å². The fraction of sp³-hybridized carbons (Fsp3) is 0.286. The maximum absolute atomic E-state index is 10.8. The van der Waals surface area contributed by atoms with Gasteiger partial charge in [0.15, 0.2) is 0 Å². The smallest absolute Gasteiger partial charge is 0.270 e. The third-order valence-electron chi connectivity index (χ3n) is 2.87. The average molecular weight is 270 g/mol. The molecule has 0 N–H and O–H groups in total. The number of anilines is 1. The fourth-order valence-electron chi connectivity index (χ4n) is 1.87. The normalized spacial score (nSPS) is 9.20. The topological polar surface area (TPSA) is 94.0 Å². The Bertz CT molecular complexity index is 603. The zero-order chi connectivity index (χ0) is 15.1. The number of nitro benzene ring substituents is 1. The fourth-order valence-corrected chi connectivity index (χ4v) is 1.87. The molecule has 0 saturated heterocycles. The van der Waals surface area contributed by atoms with Gasteiger partial charge in [-0.05, 0) is 26.0 Å². The van der Waals surface area contributed by atoms with E-state index in [1.54, 1.807) is 18.2 Å². The van der Waals surface area contributed by atoms with Gasteiger partial charge in [0.25, 0.3) is 5.69 Å². The van der Waals surface area contributed by atoms with Crippen LogP contribution in [0.25, 0.3) is 6.08 Å². The van der Waals surface area contributed by atoms with Crippen molar-refractivity contribution in [2.75, 3.05) is 18.0 Å². The van der Waals surface area contributed by atoms with Crippen molar-refractivity contribution in [1.82, 2.24) is 0 Å². The molecule has 0 saturated carbocycles. The summed E-state index contributed by atoms with van der Waals surface area (Å²) in [6.07, 6.45) is 1.38. The zero-order valence-electron chi connectivity index (χ0n) is 11.3. The van der Waals surface area contributed by atoms with Crippen molar-refractivity contribution in [3.8, 4) is 12.1 Å². The van der Waals surface area contributed by atoms with Gasteiger partial charge in [-0.1, -0.05) is 0 Å². The molecule has 0 aliphatic heterocycles. The van der Waals surface area contributed by atoms with Crippen LogP contribution in [0.4, 0.5) is 11.4 Å². The highest BCUT2D eigenvalue weighted by Gasteiger charge is 2.13. The Hall–Kier alpha value is -2.86. The first-order valence-electron chi connectivity index (χ1n) is 6.12. The second-order valence-electron chi connectivity index (χ2n) is 3.95. The van der Waals surface area contributed by atoms with E-state index in [1.807, 2.05) is 18.7 Å². The summed E-state index contributed by atoms with van der Waals surface area (Å²) >= 11 is 0. The Morgan fingerprint density at radius 2 is 1.95 bits per heavy atom. The van der Waals surface area contributed by atoms with Crippen molar-refractivity contribution in [2.45, 2.75) is 13.8 Å². The summed E-state index contributed by atoms with van der Waals surface area (Å²) in [5, 5.41) is 28.5. The Morgan fingerprint density at radius 3 is 2.40 bits per heavy atom. The molecule has 6 nitrogen and oxygen atoms in total. The molecule has 1 rings (SSSR count). The summed E-state index contributed by atoms with van der Waals surface area (Å²) in [5.74, 6) is 0. The van der Waals surface area contributed by atoms with Crippen molar-refractivity contribution in [2.24, 2.45) is 0 Å². The molecule has 0 radical (unpaired) electrons. The number of non-ortho nitro benzene ring substituents is 1. The van der Waals surface area contributed by atoms with Crippen molar-refractivity contribution >= 4 is 17.5 Å². The lowest BCUT2D eigenvalue weighted by Crippen LogP contribution is -2.22. The minimum absolute atomic E-state index is 0.0672. The Labute approximate surface area is 117 Å². The molecule has 0 atom stereocenters. The lowest BCUT2D eigenvalue weighted by atomic mass is 10.1. The van der Waals surface area contributed by atoms with Gasteiger partial charge >= 0.3 is 0 Å². The number of hydrogen-bond acceptors (Lipinski definition) is 5. The SMILES string of the molecule is CCN(CC)c1ccc([N+](=O)[O-])cc1C=C(C#N)C#N. The van der Waals surface area contributed by atoms with Crippen LogP contribution in [0.5, 0.6) is 0 Å². The Balaban J connectivity index is 3.46. The van der Waals surface area contributed by atoms with Crippen molar-refractivity contribution in [1.29, 1.82) is 10.5 Å². The number of hydrogen-bond donors (Lipinski definition) is 0. The second-order valence-corrected chi connectivity index (χ2v) is 3.95. The lowest BCUT2D eigenvalue weighted by molar-refractivity contribution is -0.384. The van der Waals surface area contributed by atoms with Gasteiger partial charge in [0.2, 0.25) is 0 Å². The number of allylic oxidation sites excluding steroid dienone is 1. The first kappa shape index (κ1) is 15.2. The predicted octanol–water partition coefficient (Wildman–Crippen LogP) is 2.87. The molecule has 0 aromatic heterocycles. The summed E-state index contributed by atoms with van der Waals surface area (Å²) in [5.41, 5.74) is 1.12. The Morgan fingerprint density at radius 1 is 1.35 bits per heavy atom. The first-order chi connectivity index (χ1) is 9.57. The van der Waals surface area contributed by atoms with Gasteiger partial charge in [-0.2, -0.15) is 10.5 Å². The highest BCUT2D eigenvalue weighted by atomic mass is 16.6. The predicted molar refractivity (Wildman–Crippen MR) is 75.9 cm³/mol. The summed E-state index contributed by atoms with van der Waals surface area (Å²) < 4.78 is 0. The quantitative estimate of drug-likeness (QED) is 0.466. The van der Waals surface area contributed by atoms with Gasteiger partial charge in [-0.25, -0.2) is 0 Å². The summed E-state index contributed by atoms with van der Waals surface area (Å²) in [7, 11) is 0. The number of rotatable bonds is 5. The third-order valence-corrected chi connectivity index (χ3v) is 2.87. The molecular weight excluding hydrogens is 256 g/mol. The molecule has 0 aliphatic rings. The number of nitro groups is 1. The van der Waals surface area contributed by atoms with Gasteiger partial charge in [-0.3, -0.25) is 10.1 Å². The van der Waals surface area contributed by atoms with Gasteiger partial charge in [-0.15, -0.1) is 0 Å². The lowest BCUT2D eigenvalue weighted by Gasteiger charge is -2.23. The van der Waals surface area contributed by atoms with Crippen LogP contribution in [0.15, 0.2) is 23.8 Å². The largest absolute Gasteiger partial charge is 0.372 e. The minimum atomic E-state index is -0.498. The van der Waals surface area contributed by atoms with Gasteiger partial charge in [0.1, 0.15) is 17.7 Å². The zero-order valence-corrected chi connectivity index (χ0v) is 11.3. The molecule has 1 aromatic carbocycles. The molecule has 0 spiro atoms. The Kier molecular flexibility index (Phi) is 5.25. The molecule has 0 heterocycles. The highest BCUT2D eigenvalue weighted by molar-refractivity contribution is 5.74. The van der Waals surface area contributed by atoms with E-state index in [0.29, 0.717) is 5.56 Å². The first-order valence-corrected chi connectivity index (χ1v) is 6.12. The standard InChI is InChI=1S/C14H14N4O2/c1-3-17(4-2)14-6-5-13(18(19)20)8-12(14)7-11(9-15)10-16/h5-8H,3-4H2,1-2H3. The molecule has 6 heteroatoms. The van der Waals surface area contributed by atoms with Gasteiger partial charge < -0.3 is 4.90 Å². The van der Waals surface area contributed by atoms with Crippen molar-refractivity contribution in [3.05, 3.63) is 39.4 Å². The van der Waals surface area contributed by atoms with Crippen LogP contribution in [-0.2, 0) is 0 Å². The highest BCUT2D eigenvalue weighted by Crippen LogP contribution is 2.27. The van der Waals surface area contributed by atoms with Crippen LogP contribution >= 0.6 is 0 Å². The summed E-state index contributed by atoms with van der Waals surface area (Å²) in [4.78, 5) is 12.3. The number of nitrogens with zero attached hydrogens (tertiary/aromatic N) is 4. The van der Waals surface area contributed by atoms with E-state index in [4.69, 9.17) is 10.5 Å². The maximum Gasteiger partial charge on any atom is 0.270 e. The third kappa shape index (κ3) is 3.33. The van der Waals surface area contributed by atoms with E-state index >= 15 is 0 Å². The number of benzene rings is 1. The van der Waals surface area contributed by atoms with E-state index in [2.05, 4.69) is 0 Å². The maximum atomic E-state index is 10.8. The van der Waals surface area contributed by atoms with E-state index in [1.165, 1.54) is 18.2 Å². The van der Waals surface area contributed by atoms with E-state index in [-0.39, 0.29) is 11.3 Å². The molecule has 0 unspecified atom stereocenters. The van der Waals surface area contributed by atoms with Gasteiger partial charge in [0.05, 0.1) is 4.92 Å². The van der Waals surface area contributed by atoms with Crippen LogP contribution in [0, 0.1) is 32.8 Å². The minimum Gasteiger partial charge on any atom is -0.372 e. The van der Waals surface area contributed by atoms with Crippen molar-refractivity contribution < 1.29 is 4.92 Å². The second kappa shape index (κ2) is 6.91. The van der Waals surface area contributed by atoms with Crippen molar-refractivity contribution in [3.63, 3.8) is 0 Å². The molecule has 0 amide bonds. The summed E-state index contributed by atoms with van der Waals surface area (Å²) in [6, 6.07) is 7.96.